The van der Waals surface area contributed by atoms with E-state index < -0.39 is 0 Å². The maximum absolute atomic E-state index is 4.36. The van der Waals surface area contributed by atoms with Gasteiger partial charge in [-0.15, -0.1) is 0 Å². The molecule has 0 unspecified atom stereocenters. The summed E-state index contributed by atoms with van der Waals surface area (Å²) in [6.07, 6.45) is 3.81. The van der Waals surface area contributed by atoms with Crippen LogP contribution in [0.1, 0.15) is 5.69 Å². The van der Waals surface area contributed by atoms with Crippen molar-refractivity contribution in [3.05, 3.63) is 30.2 Å². The zero-order chi connectivity index (χ0) is 9.97. The molecule has 1 N–H and O–H groups in total. The van der Waals surface area contributed by atoms with Crippen LogP contribution >= 0.6 is 0 Å². The second kappa shape index (κ2) is 3.63. The first-order valence-electron chi connectivity index (χ1n) is 4.49. The summed E-state index contributed by atoms with van der Waals surface area (Å²) in [7, 11) is 3.79. The van der Waals surface area contributed by atoms with Gasteiger partial charge in [0.05, 0.1) is 5.69 Å². The minimum Gasteiger partial charge on any atom is -0.314 e. The molecule has 14 heavy (non-hydrogen) atoms. The summed E-state index contributed by atoms with van der Waals surface area (Å²) in [4.78, 5) is 0. The molecule has 0 saturated carbocycles. The number of hydrogen-bond donors (Lipinski definition) is 1. The Morgan fingerprint density at radius 1 is 1.29 bits per heavy atom. The number of aryl methyl sites for hydroxylation is 1. The predicted octanol–water partition coefficient (Wildman–Crippen LogP) is 0.325. The Morgan fingerprint density at radius 3 is 2.79 bits per heavy atom. The van der Waals surface area contributed by atoms with Gasteiger partial charge < -0.3 is 5.32 Å². The fourth-order valence-corrected chi connectivity index (χ4v) is 1.29. The van der Waals surface area contributed by atoms with Gasteiger partial charge in [0, 0.05) is 32.1 Å². The first-order chi connectivity index (χ1) is 6.79. The lowest BCUT2D eigenvalue weighted by Gasteiger charge is -1.95. The van der Waals surface area contributed by atoms with E-state index in [1.165, 1.54) is 0 Å². The fraction of sp³-hybridized carbons (Fsp3) is 0.333. The summed E-state index contributed by atoms with van der Waals surface area (Å²) < 4.78 is 3.53. The topological polar surface area (TPSA) is 47.7 Å². The van der Waals surface area contributed by atoms with Crippen molar-refractivity contribution >= 4 is 0 Å². The standard InChI is InChI=1S/C9H13N5/c1-10-7-8-3-6-14(11-8)9-4-5-13(2)12-9/h3-6,10H,7H2,1-2H3. The van der Waals surface area contributed by atoms with Crippen LogP contribution in [-0.4, -0.2) is 26.6 Å². The molecule has 74 valence electrons. The van der Waals surface area contributed by atoms with Crippen molar-refractivity contribution in [3.8, 4) is 5.82 Å². The normalized spacial score (nSPS) is 10.7. The highest BCUT2D eigenvalue weighted by Gasteiger charge is 2.02. The van der Waals surface area contributed by atoms with E-state index in [0.29, 0.717) is 0 Å². The quantitative estimate of drug-likeness (QED) is 0.760. The molecule has 0 radical (unpaired) electrons. The molecule has 0 amide bonds. The summed E-state index contributed by atoms with van der Waals surface area (Å²) >= 11 is 0. The second-order valence-electron chi connectivity index (χ2n) is 3.13. The van der Waals surface area contributed by atoms with E-state index in [1.54, 1.807) is 9.36 Å². The SMILES string of the molecule is CNCc1ccn(-c2ccn(C)n2)n1. The highest BCUT2D eigenvalue weighted by molar-refractivity contribution is 5.19. The molecule has 2 rings (SSSR count). The number of nitrogens with one attached hydrogen (secondary N) is 1. The first-order valence-corrected chi connectivity index (χ1v) is 4.49. The molecule has 5 nitrogen and oxygen atoms in total. The smallest absolute Gasteiger partial charge is 0.174 e. The molecule has 0 fully saturated rings. The Kier molecular flexibility index (Phi) is 2.32. The van der Waals surface area contributed by atoms with E-state index in [0.717, 1.165) is 18.1 Å². The highest BCUT2D eigenvalue weighted by atomic mass is 15.4. The molecule has 2 heterocycles. The zero-order valence-corrected chi connectivity index (χ0v) is 8.31. The van der Waals surface area contributed by atoms with Gasteiger partial charge in [-0.05, 0) is 13.1 Å². The minimum absolute atomic E-state index is 0.778. The summed E-state index contributed by atoms with van der Waals surface area (Å²) in [5, 5.41) is 11.7. The molecule has 0 bridgehead atoms. The van der Waals surface area contributed by atoms with Gasteiger partial charge >= 0.3 is 0 Å². The Labute approximate surface area is 82.3 Å². The van der Waals surface area contributed by atoms with Crippen LogP contribution in [-0.2, 0) is 13.6 Å². The van der Waals surface area contributed by atoms with Crippen molar-refractivity contribution < 1.29 is 0 Å². The third kappa shape index (κ3) is 1.67. The third-order valence-corrected chi connectivity index (χ3v) is 1.94. The molecule has 0 aliphatic rings. The fourth-order valence-electron chi connectivity index (χ4n) is 1.29. The number of nitrogens with zero attached hydrogens (tertiary/aromatic N) is 4. The van der Waals surface area contributed by atoms with Crippen LogP contribution in [0.2, 0.25) is 0 Å². The van der Waals surface area contributed by atoms with Crippen LogP contribution < -0.4 is 5.32 Å². The lowest BCUT2D eigenvalue weighted by molar-refractivity contribution is 0.713. The maximum Gasteiger partial charge on any atom is 0.174 e. The maximum atomic E-state index is 4.36. The summed E-state index contributed by atoms with van der Waals surface area (Å²) in [6, 6.07) is 3.90. The van der Waals surface area contributed by atoms with Crippen molar-refractivity contribution in [2.75, 3.05) is 7.05 Å². The Morgan fingerprint density at radius 2 is 2.14 bits per heavy atom. The predicted molar refractivity (Wildman–Crippen MR) is 53.1 cm³/mol. The number of hydrogen-bond acceptors (Lipinski definition) is 3. The van der Waals surface area contributed by atoms with E-state index in [2.05, 4.69) is 15.5 Å². The molecule has 2 aromatic rings. The van der Waals surface area contributed by atoms with E-state index in [1.807, 2.05) is 38.6 Å². The van der Waals surface area contributed by atoms with Crippen LogP contribution in [0, 0.1) is 0 Å². The van der Waals surface area contributed by atoms with Gasteiger partial charge in [0.25, 0.3) is 0 Å². The Hall–Kier alpha value is -1.62. The van der Waals surface area contributed by atoms with Gasteiger partial charge in [-0.3, -0.25) is 4.68 Å². The Bertz CT molecular complexity index is 414. The van der Waals surface area contributed by atoms with E-state index in [-0.39, 0.29) is 0 Å². The van der Waals surface area contributed by atoms with Crippen molar-refractivity contribution in [1.29, 1.82) is 0 Å². The zero-order valence-electron chi connectivity index (χ0n) is 8.31. The van der Waals surface area contributed by atoms with E-state index >= 15 is 0 Å². The van der Waals surface area contributed by atoms with Crippen LogP contribution in [0.15, 0.2) is 24.5 Å². The molecular formula is C9H13N5. The monoisotopic (exact) mass is 191 g/mol. The van der Waals surface area contributed by atoms with Gasteiger partial charge in [-0.2, -0.15) is 10.2 Å². The van der Waals surface area contributed by atoms with Crippen molar-refractivity contribution in [2.24, 2.45) is 7.05 Å². The van der Waals surface area contributed by atoms with Gasteiger partial charge in [-0.25, -0.2) is 4.68 Å². The van der Waals surface area contributed by atoms with Crippen molar-refractivity contribution in [1.82, 2.24) is 24.9 Å². The van der Waals surface area contributed by atoms with Crippen molar-refractivity contribution in [3.63, 3.8) is 0 Å². The number of rotatable bonds is 3. The average molecular weight is 191 g/mol. The molecule has 0 aromatic carbocycles. The second-order valence-corrected chi connectivity index (χ2v) is 3.13. The van der Waals surface area contributed by atoms with E-state index in [4.69, 9.17) is 0 Å². The van der Waals surface area contributed by atoms with Crippen LogP contribution in [0.3, 0.4) is 0 Å². The largest absolute Gasteiger partial charge is 0.314 e. The van der Waals surface area contributed by atoms with Gasteiger partial charge in [0.2, 0.25) is 0 Å². The molecular weight excluding hydrogens is 178 g/mol. The van der Waals surface area contributed by atoms with E-state index in [9.17, 15) is 0 Å². The molecule has 0 saturated heterocycles. The van der Waals surface area contributed by atoms with Crippen LogP contribution in [0.4, 0.5) is 0 Å². The Balaban J connectivity index is 2.24. The minimum atomic E-state index is 0.778. The van der Waals surface area contributed by atoms with Gasteiger partial charge in [0.15, 0.2) is 5.82 Å². The molecule has 0 spiro atoms. The van der Waals surface area contributed by atoms with Crippen LogP contribution in [0.5, 0.6) is 0 Å². The lowest BCUT2D eigenvalue weighted by Crippen LogP contribution is -2.06. The average Bonchev–Trinajstić information content (AvgIpc) is 2.74. The summed E-state index contributed by atoms with van der Waals surface area (Å²) in [6.45, 7) is 0.778. The van der Waals surface area contributed by atoms with Crippen LogP contribution in [0.25, 0.3) is 5.82 Å². The van der Waals surface area contributed by atoms with Crippen molar-refractivity contribution in [2.45, 2.75) is 6.54 Å². The third-order valence-electron chi connectivity index (χ3n) is 1.94. The molecule has 2 aromatic heterocycles. The molecule has 5 heteroatoms. The molecule has 0 atom stereocenters. The summed E-state index contributed by atoms with van der Waals surface area (Å²) in [5.41, 5.74) is 1.01. The lowest BCUT2D eigenvalue weighted by atomic mass is 10.4. The van der Waals surface area contributed by atoms with Gasteiger partial charge in [-0.1, -0.05) is 0 Å². The highest BCUT2D eigenvalue weighted by Crippen LogP contribution is 2.03. The molecule has 0 aliphatic carbocycles. The molecule has 0 aliphatic heterocycles. The number of aromatic nitrogens is 4. The van der Waals surface area contributed by atoms with Gasteiger partial charge in [0.1, 0.15) is 0 Å². The first kappa shape index (κ1) is 8.96. The summed E-state index contributed by atoms with van der Waals surface area (Å²) in [5.74, 6) is 0.842.